The first-order valence-corrected chi connectivity index (χ1v) is 7.80. The van der Waals surface area contributed by atoms with Crippen molar-refractivity contribution in [2.45, 2.75) is 24.9 Å². The number of hydrogen-bond acceptors (Lipinski definition) is 9. The lowest BCUT2D eigenvalue weighted by Crippen LogP contribution is -2.32. The molecule has 23 heavy (non-hydrogen) atoms. The van der Waals surface area contributed by atoms with E-state index in [0.717, 1.165) is 0 Å². The number of esters is 1. The van der Waals surface area contributed by atoms with Gasteiger partial charge in [0, 0.05) is 0 Å². The summed E-state index contributed by atoms with van der Waals surface area (Å²) in [5.41, 5.74) is 10.7. The maximum atomic E-state index is 10.8. The third-order valence-corrected chi connectivity index (χ3v) is 2.58. The van der Waals surface area contributed by atoms with Crippen molar-refractivity contribution in [3.05, 3.63) is 0 Å². The number of hydrogen-bond donors (Lipinski definition) is 4. The molecule has 0 aliphatic rings. The molecule has 0 aliphatic heterocycles. The molecule has 0 aromatic heterocycles. The fourth-order valence-corrected chi connectivity index (χ4v) is 1.47. The van der Waals surface area contributed by atoms with Gasteiger partial charge in [0.1, 0.15) is 12.1 Å². The zero-order valence-electron chi connectivity index (χ0n) is 12.6. The highest BCUT2D eigenvalue weighted by molar-refractivity contribution is 7.80. The zero-order valence-corrected chi connectivity index (χ0v) is 14.4. The van der Waals surface area contributed by atoms with Gasteiger partial charge in [0.15, 0.2) is 13.2 Å². The Morgan fingerprint density at radius 3 is 1.87 bits per heavy atom. The fourth-order valence-electron chi connectivity index (χ4n) is 0.917. The summed E-state index contributed by atoms with van der Waals surface area (Å²) in [5.74, 6) is 4.31. The van der Waals surface area contributed by atoms with Gasteiger partial charge >= 0.3 is 11.9 Å². The smallest absolute Gasteiger partial charge is 0.358 e. The molecule has 0 saturated carbocycles. The largest absolute Gasteiger partial charge is 0.451 e. The van der Waals surface area contributed by atoms with Crippen LogP contribution in [-0.2, 0) is 24.1 Å². The van der Waals surface area contributed by atoms with Gasteiger partial charge in [-0.3, -0.25) is 9.68 Å². The number of carbonyl (C=O) groups excluding carboxylic acids is 2. The molecule has 130 valence electrons. The van der Waals surface area contributed by atoms with E-state index in [4.69, 9.17) is 24.3 Å². The Labute approximate surface area is 147 Å². The van der Waals surface area contributed by atoms with E-state index in [2.05, 4.69) is 51.6 Å². The summed E-state index contributed by atoms with van der Waals surface area (Å²) >= 11 is 7.82. The molecule has 0 bridgehead atoms. The molecule has 2 atom stereocenters. The standard InChI is InChI=1S/C7H11NO3S.C7H11NO2S/c1-2-4-10-11-7(9)6(8)3-5-12;1-2-4-10-7(9)6(8)3-5-11/h1,6,12H,3-5,8H2;1,6,11H,3-5,8H2. The van der Waals surface area contributed by atoms with Crippen molar-refractivity contribution in [2.75, 3.05) is 24.7 Å². The van der Waals surface area contributed by atoms with E-state index < -0.39 is 24.0 Å². The monoisotopic (exact) mass is 362 g/mol. The maximum Gasteiger partial charge on any atom is 0.358 e. The summed E-state index contributed by atoms with van der Waals surface area (Å²) in [6, 6.07) is -1.29. The Hall–Kier alpha value is -1.36. The number of thiol groups is 2. The first-order chi connectivity index (χ1) is 10.9. The van der Waals surface area contributed by atoms with Crippen LogP contribution < -0.4 is 11.5 Å². The van der Waals surface area contributed by atoms with Crippen LogP contribution in [-0.4, -0.2) is 48.7 Å². The molecule has 7 nitrogen and oxygen atoms in total. The second-order valence-corrected chi connectivity index (χ2v) is 4.81. The van der Waals surface area contributed by atoms with Crippen LogP contribution in [0.3, 0.4) is 0 Å². The summed E-state index contributed by atoms with van der Waals surface area (Å²) in [6.45, 7) is -0.0849. The lowest BCUT2D eigenvalue weighted by Gasteiger charge is -2.07. The van der Waals surface area contributed by atoms with E-state index in [-0.39, 0.29) is 13.2 Å². The minimum absolute atomic E-state index is 0.0148. The third-order valence-electron chi connectivity index (χ3n) is 2.07. The first-order valence-electron chi connectivity index (χ1n) is 6.54. The average Bonchev–Trinajstić information content (AvgIpc) is 2.53. The fraction of sp³-hybridized carbons (Fsp3) is 0.571. The quantitative estimate of drug-likeness (QED) is 0.110. The second-order valence-electron chi connectivity index (χ2n) is 3.92. The number of ether oxygens (including phenoxy) is 1. The highest BCUT2D eigenvalue weighted by Crippen LogP contribution is 1.94. The zero-order chi connectivity index (χ0) is 18.1. The van der Waals surface area contributed by atoms with Gasteiger partial charge in [0.2, 0.25) is 0 Å². The van der Waals surface area contributed by atoms with E-state index >= 15 is 0 Å². The van der Waals surface area contributed by atoms with Gasteiger partial charge in [-0.2, -0.15) is 30.1 Å². The number of nitrogens with two attached hydrogens (primary N) is 2. The Morgan fingerprint density at radius 1 is 0.957 bits per heavy atom. The van der Waals surface area contributed by atoms with E-state index in [0.29, 0.717) is 24.3 Å². The van der Waals surface area contributed by atoms with E-state index in [9.17, 15) is 9.59 Å². The van der Waals surface area contributed by atoms with Crippen LogP contribution in [0.2, 0.25) is 0 Å². The molecule has 0 fully saturated rings. The molecular weight excluding hydrogens is 340 g/mol. The molecule has 0 aliphatic carbocycles. The molecule has 0 aromatic carbocycles. The van der Waals surface area contributed by atoms with Crippen LogP contribution in [0.1, 0.15) is 12.8 Å². The van der Waals surface area contributed by atoms with E-state index in [1.807, 2.05) is 0 Å². The Bertz CT molecular complexity index is 420. The summed E-state index contributed by atoms with van der Waals surface area (Å²) < 4.78 is 4.57. The van der Waals surface area contributed by atoms with Crippen LogP contribution in [0.25, 0.3) is 0 Å². The molecule has 0 spiro atoms. The highest BCUT2D eigenvalue weighted by Gasteiger charge is 2.14. The topological polar surface area (TPSA) is 114 Å². The average molecular weight is 362 g/mol. The molecule has 2 unspecified atom stereocenters. The van der Waals surface area contributed by atoms with Gasteiger partial charge in [0.05, 0.1) is 0 Å². The lowest BCUT2D eigenvalue weighted by atomic mass is 10.2. The van der Waals surface area contributed by atoms with Gasteiger partial charge < -0.3 is 16.2 Å². The highest BCUT2D eigenvalue weighted by atomic mass is 32.1. The molecule has 0 heterocycles. The molecule has 0 amide bonds. The lowest BCUT2D eigenvalue weighted by molar-refractivity contribution is -0.265. The Morgan fingerprint density at radius 2 is 1.43 bits per heavy atom. The van der Waals surface area contributed by atoms with Crippen molar-refractivity contribution < 1.29 is 24.1 Å². The minimum Gasteiger partial charge on any atom is -0.451 e. The summed E-state index contributed by atoms with van der Waals surface area (Å²) in [5, 5.41) is 0. The SMILES string of the molecule is C#CCOC(=O)C(N)CCS.C#CCOOC(=O)C(N)CCS. The predicted molar refractivity (Wildman–Crippen MR) is 93.6 cm³/mol. The molecule has 0 aromatic rings. The van der Waals surface area contributed by atoms with Crippen molar-refractivity contribution in [3.63, 3.8) is 0 Å². The maximum absolute atomic E-state index is 10.8. The number of carbonyl (C=O) groups is 2. The van der Waals surface area contributed by atoms with Gasteiger partial charge in [0.25, 0.3) is 0 Å². The number of terminal acetylenes is 2. The van der Waals surface area contributed by atoms with Gasteiger partial charge in [-0.25, -0.2) is 4.79 Å². The van der Waals surface area contributed by atoms with Crippen molar-refractivity contribution in [1.29, 1.82) is 0 Å². The van der Waals surface area contributed by atoms with Gasteiger partial charge in [-0.15, -0.1) is 12.8 Å². The molecule has 0 rings (SSSR count). The van der Waals surface area contributed by atoms with Crippen molar-refractivity contribution >= 4 is 37.2 Å². The van der Waals surface area contributed by atoms with Gasteiger partial charge in [-0.05, 0) is 24.3 Å². The molecule has 0 radical (unpaired) electrons. The van der Waals surface area contributed by atoms with Crippen molar-refractivity contribution in [1.82, 2.24) is 0 Å². The molecule has 4 N–H and O–H groups in total. The summed E-state index contributed by atoms with van der Waals surface area (Å²) in [6.07, 6.45) is 10.7. The van der Waals surface area contributed by atoms with Gasteiger partial charge in [-0.1, -0.05) is 11.8 Å². The van der Waals surface area contributed by atoms with Crippen LogP contribution in [0.4, 0.5) is 0 Å². The predicted octanol–water partition coefficient (Wildman–Crippen LogP) is -0.448. The van der Waals surface area contributed by atoms with E-state index in [1.54, 1.807) is 0 Å². The third kappa shape index (κ3) is 15.3. The molecule has 0 saturated heterocycles. The first kappa shape index (κ1) is 23.9. The van der Waals surface area contributed by atoms with Crippen LogP contribution in [0, 0.1) is 24.7 Å². The summed E-state index contributed by atoms with van der Waals surface area (Å²) in [4.78, 5) is 30.2. The molecule has 9 heteroatoms. The Kier molecular flexibility index (Phi) is 17.7. The molecular formula is C14H22N2O5S2. The van der Waals surface area contributed by atoms with Crippen LogP contribution >= 0.6 is 25.3 Å². The van der Waals surface area contributed by atoms with E-state index in [1.165, 1.54) is 0 Å². The minimum atomic E-state index is -0.694. The van der Waals surface area contributed by atoms with Crippen molar-refractivity contribution in [2.24, 2.45) is 11.5 Å². The number of rotatable bonds is 9. The normalized spacial score (nSPS) is 11.7. The summed E-state index contributed by atoms with van der Waals surface area (Å²) in [7, 11) is 0. The van der Waals surface area contributed by atoms with Crippen LogP contribution in [0.15, 0.2) is 0 Å². The second kappa shape index (κ2) is 17.0. The van der Waals surface area contributed by atoms with Crippen LogP contribution in [0.5, 0.6) is 0 Å². The van der Waals surface area contributed by atoms with Crippen molar-refractivity contribution in [3.8, 4) is 24.7 Å². The Balaban J connectivity index is 0.